The number of likely N-dealkylation sites (N-methyl/N-ethyl adjacent to an activating group) is 1. The van der Waals surface area contributed by atoms with E-state index >= 15 is 0 Å². The van der Waals surface area contributed by atoms with Crippen molar-refractivity contribution >= 4 is 17.3 Å². The highest BCUT2D eigenvalue weighted by Crippen LogP contribution is 2.34. The summed E-state index contributed by atoms with van der Waals surface area (Å²) in [5, 5.41) is 8.07. The van der Waals surface area contributed by atoms with Gasteiger partial charge in [0, 0.05) is 17.8 Å². The van der Waals surface area contributed by atoms with Crippen molar-refractivity contribution < 1.29 is 9.47 Å². The molecule has 0 saturated heterocycles. The maximum Gasteiger partial charge on any atom is 0.247 e. The van der Waals surface area contributed by atoms with Crippen LogP contribution in [0.25, 0.3) is 16.9 Å². The Balaban J connectivity index is 1.38. The molecule has 0 aliphatic carbocycles. The van der Waals surface area contributed by atoms with Gasteiger partial charge in [0.2, 0.25) is 5.95 Å². The van der Waals surface area contributed by atoms with Gasteiger partial charge >= 0.3 is 0 Å². The smallest absolute Gasteiger partial charge is 0.247 e. The third kappa shape index (κ3) is 4.83. The zero-order valence-corrected chi connectivity index (χ0v) is 18.9. The van der Waals surface area contributed by atoms with Gasteiger partial charge in [-0.15, -0.1) is 5.10 Å². The van der Waals surface area contributed by atoms with Gasteiger partial charge in [0.15, 0.2) is 17.1 Å². The van der Waals surface area contributed by atoms with Gasteiger partial charge < -0.3 is 19.7 Å². The molecule has 0 fully saturated rings. The van der Waals surface area contributed by atoms with Crippen LogP contribution in [0.3, 0.4) is 0 Å². The van der Waals surface area contributed by atoms with E-state index in [-0.39, 0.29) is 0 Å². The Morgan fingerprint density at radius 1 is 0.970 bits per heavy atom. The molecule has 0 amide bonds. The summed E-state index contributed by atoms with van der Waals surface area (Å²) >= 11 is 0. The Hall–Kier alpha value is -3.84. The molecule has 168 valence electrons. The van der Waals surface area contributed by atoms with Crippen LogP contribution >= 0.6 is 0 Å². The number of nitrogens with one attached hydrogen (secondary N) is 1. The third-order valence-corrected chi connectivity index (χ3v) is 5.37. The first-order chi connectivity index (χ1) is 16.2. The van der Waals surface area contributed by atoms with E-state index in [0.717, 1.165) is 47.1 Å². The second-order valence-corrected chi connectivity index (χ2v) is 8.24. The van der Waals surface area contributed by atoms with Crippen LogP contribution in [0, 0.1) is 0 Å². The van der Waals surface area contributed by atoms with Gasteiger partial charge in [-0.25, -0.2) is 4.52 Å². The SMILES string of the molecule is CN(C)C/C=C/Cc1cccc(Nc2nc3cccc(-c4ccc5c(c4)OCCO5)n3n2)c1. The topological polar surface area (TPSA) is 63.9 Å². The molecule has 33 heavy (non-hydrogen) atoms. The lowest BCUT2D eigenvalue weighted by Crippen LogP contribution is -2.15. The summed E-state index contributed by atoms with van der Waals surface area (Å²) in [5.74, 6) is 2.08. The van der Waals surface area contributed by atoms with Crippen LogP contribution in [0.4, 0.5) is 11.6 Å². The number of aromatic nitrogens is 3. The van der Waals surface area contributed by atoms with E-state index in [1.165, 1.54) is 5.56 Å². The van der Waals surface area contributed by atoms with Crippen molar-refractivity contribution in [2.75, 3.05) is 39.2 Å². The van der Waals surface area contributed by atoms with Gasteiger partial charge in [0.25, 0.3) is 0 Å². The highest BCUT2D eigenvalue weighted by Gasteiger charge is 2.15. The average Bonchev–Trinajstić information content (AvgIpc) is 3.24. The summed E-state index contributed by atoms with van der Waals surface area (Å²) in [4.78, 5) is 6.81. The highest BCUT2D eigenvalue weighted by atomic mass is 16.6. The van der Waals surface area contributed by atoms with Crippen molar-refractivity contribution in [1.29, 1.82) is 0 Å². The standard InChI is InChI=1S/C26H27N5O2/c1-30(2)14-4-3-7-19-8-5-9-21(17-19)27-26-28-25-11-6-10-22(31(25)29-26)20-12-13-23-24(18-20)33-16-15-32-23/h3-6,8-13,17-18H,7,14-16H2,1-2H3,(H,27,29)/b4-3+. The molecule has 0 radical (unpaired) electrons. The van der Waals surface area contributed by atoms with Crippen molar-refractivity contribution in [1.82, 2.24) is 19.5 Å². The number of hydrogen-bond acceptors (Lipinski definition) is 6. The fraction of sp³-hybridized carbons (Fsp3) is 0.231. The van der Waals surface area contributed by atoms with Crippen molar-refractivity contribution in [3.63, 3.8) is 0 Å². The number of benzene rings is 2. The van der Waals surface area contributed by atoms with Crippen LogP contribution in [0.1, 0.15) is 5.56 Å². The summed E-state index contributed by atoms with van der Waals surface area (Å²) in [6.45, 7) is 2.07. The van der Waals surface area contributed by atoms with Crippen molar-refractivity contribution in [3.8, 4) is 22.8 Å². The first-order valence-corrected chi connectivity index (χ1v) is 11.1. The molecular formula is C26H27N5O2. The van der Waals surface area contributed by atoms with Crippen molar-refractivity contribution in [3.05, 3.63) is 78.4 Å². The number of ether oxygens (including phenoxy) is 2. The zero-order valence-electron chi connectivity index (χ0n) is 18.9. The summed E-state index contributed by atoms with van der Waals surface area (Å²) in [6.07, 6.45) is 5.27. The van der Waals surface area contributed by atoms with Crippen LogP contribution < -0.4 is 14.8 Å². The Morgan fingerprint density at radius 2 is 1.82 bits per heavy atom. The quantitative estimate of drug-likeness (QED) is 0.424. The first-order valence-electron chi connectivity index (χ1n) is 11.1. The summed E-state index contributed by atoms with van der Waals surface area (Å²) in [5.41, 5.74) is 4.89. The minimum absolute atomic E-state index is 0.556. The molecule has 1 N–H and O–H groups in total. The van der Waals surface area contributed by atoms with Gasteiger partial charge in [-0.1, -0.05) is 30.4 Å². The molecular weight excluding hydrogens is 414 g/mol. The predicted molar refractivity (Wildman–Crippen MR) is 131 cm³/mol. The van der Waals surface area contributed by atoms with Crippen molar-refractivity contribution in [2.24, 2.45) is 0 Å². The van der Waals surface area contributed by atoms with E-state index in [1.807, 2.05) is 53.0 Å². The number of pyridine rings is 1. The normalized spacial score (nSPS) is 13.2. The first kappa shape index (κ1) is 21.0. The minimum Gasteiger partial charge on any atom is -0.486 e. The molecule has 0 bridgehead atoms. The second-order valence-electron chi connectivity index (χ2n) is 8.24. The van der Waals surface area contributed by atoms with Gasteiger partial charge in [-0.3, -0.25) is 0 Å². The van der Waals surface area contributed by atoms with Gasteiger partial charge in [-0.05, 0) is 68.5 Å². The van der Waals surface area contributed by atoms with Crippen molar-refractivity contribution in [2.45, 2.75) is 6.42 Å². The van der Waals surface area contributed by atoms with Crippen LogP contribution in [0.2, 0.25) is 0 Å². The number of rotatable bonds is 7. The molecule has 0 unspecified atom stereocenters. The summed E-state index contributed by atoms with van der Waals surface area (Å²) < 4.78 is 13.2. The lowest BCUT2D eigenvalue weighted by atomic mass is 10.1. The van der Waals surface area contributed by atoms with E-state index in [0.29, 0.717) is 19.2 Å². The van der Waals surface area contributed by atoms with Crippen LogP contribution in [-0.2, 0) is 6.42 Å². The Kier molecular flexibility index (Phi) is 5.95. The number of nitrogens with zero attached hydrogens (tertiary/aromatic N) is 4. The molecule has 7 nitrogen and oxygen atoms in total. The maximum atomic E-state index is 5.75. The molecule has 7 heteroatoms. The lowest BCUT2D eigenvalue weighted by molar-refractivity contribution is 0.171. The van der Waals surface area contributed by atoms with Gasteiger partial charge in [0.1, 0.15) is 13.2 Å². The Labute approximate surface area is 193 Å². The average molecular weight is 442 g/mol. The van der Waals surface area contributed by atoms with Crippen LogP contribution in [0.15, 0.2) is 72.8 Å². The zero-order chi connectivity index (χ0) is 22.6. The largest absolute Gasteiger partial charge is 0.486 e. The molecule has 2 aromatic heterocycles. The maximum absolute atomic E-state index is 5.75. The Bertz CT molecular complexity index is 1300. The molecule has 1 aliphatic rings. The third-order valence-electron chi connectivity index (χ3n) is 5.37. The van der Waals surface area contributed by atoms with Crippen LogP contribution in [0.5, 0.6) is 11.5 Å². The van der Waals surface area contributed by atoms with E-state index in [4.69, 9.17) is 14.6 Å². The summed E-state index contributed by atoms with van der Waals surface area (Å²) in [7, 11) is 4.13. The molecule has 0 saturated carbocycles. The molecule has 2 aromatic carbocycles. The fourth-order valence-corrected chi connectivity index (χ4v) is 3.79. The number of allylic oxidation sites excluding steroid dienone is 1. The fourth-order valence-electron chi connectivity index (χ4n) is 3.79. The molecule has 3 heterocycles. The minimum atomic E-state index is 0.556. The predicted octanol–water partition coefficient (Wildman–Crippen LogP) is 4.57. The van der Waals surface area contributed by atoms with Gasteiger partial charge in [-0.2, -0.15) is 4.98 Å². The monoisotopic (exact) mass is 441 g/mol. The van der Waals surface area contributed by atoms with Gasteiger partial charge in [0.05, 0.1) is 5.69 Å². The Morgan fingerprint density at radius 3 is 2.70 bits per heavy atom. The van der Waals surface area contributed by atoms with Crippen LogP contribution in [-0.4, -0.2) is 53.4 Å². The molecule has 1 aliphatic heterocycles. The summed E-state index contributed by atoms with van der Waals surface area (Å²) in [6, 6.07) is 20.3. The molecule has 0 spiro atoms. The van der Waals surface area contributed by atoms with E-state index in [2.05, 4.69) is 53.6 Å². The second kappa shape index (κ2) is 9.34. The lowest BCUT2D eigenvalue weighted by Gasteiger charge is -2.19. The van der Waals surface area contributed by atoms with E-state index in [1.54, 1.807) is 0 Å². The number of fused-ring (bicyclic) bond motifs is 2. The number of hydrogen-bond donors (Lipinski definition) is 1. The van der Waals surface area contributed by atoms with E-state index < -0.39 is 0 Å². The molecule has 4 aromatic rings. The molecule has 0 atom stereocenters. The molecule has 5 rings (SSSR count). The number of anilines is 2. The van der Waals surface area contributed by atoms with E-state index in [9.17, 15) is 0 Å². The highest BCUT2D eigenvalue weighted by molar-refractivity contribution is 5.68.